The van der Waals surface area contributed by atoms with E-state index in [0.29, 0.717) is 23.2 Å². The third-order valence-electron chi connectivity index (χ3n) is 4.42. The SMILES string of the molecule is CC(C)c1nnc(S[C@@H](C)c2nc3ccccc3c(=O)[nH]2)n1C1CC1. The van der Waals surface area contributed by atoms with Crippen LogP contribution in [-0.4, -0.2) is 24.7 Å². The van der Waals surface area contributed by atoms with Crippen LogP contribution in [0, 0.1) is 0 Å². The monoisotopic (exact) mass is 355 g/mol. The third kappa shape index (κ3) is 3.08. The average Bonchev–Trinajstić information content (AvgIpc) is 3.35. The average molecular weight is 355 g/mol. The van der Waals surface area contributed by atoms with E-state index >= 15 is 0 Å². The Balaban J connectivity index is 1.67. The van der Waals surface area contributed by atoms with Crippen molar-refractivity contribution in [2.75, 3.05) is 0 Å². The summed E-state index contributed by atoms with van der Waals surface area (Å²) in [4.78, 5) is 19.8. The fourth-order valence-electron chi connectivity index (χ4n) is 2.95. The Kier molecular flexibility index (Phi) is 4.11. The number of fused-ring (bicyclic) bond motifs is 1. The van der Waals surface area contributed by atoms with Gasteiger partial charge in [0.2, 0.25) is 0 Å². The van der Waals surface area contributed by atoms with Gasteiger partial charge < -0.3 is 9.55 Å². The molecule has 2 aromatic heterocycles. The van der Waals surface area contributed by atoms with E-state index in [1.54, 1.807) is 17.8 Å². The molecule has 0 bridgehead atoms. The summed E-state index contributed by atoms with van der Waals surface area (Å²) in [7, 11) is 0. The van der Waals surface area contributed by atoms with E-state index in [1.807, 2.05) is 25.1 Å². The van der Waals surface area contributed by atoms with E-state index in [9.17, 15) is 4.79 Å². The molecule has 0 radical (unpaired) electrons. The highest BCUT2D eigenvalue weighted by Crippen LogP contribution is 2.42. The van der Waals surface area contributed by atoms with Crippen LogP contribution in [0.15, 0.2) is 34.2 Å². The van der Waals surface area contributed by atoms with Crippen molar-refractivity contribution in [2.24, 2.45) is 0 Å². The lowest BCUT2D eigenvalue weighted by Gasteiger charge is -2.14. The molecule has 2 heterocycles. The maximum Gasteiger partial charge on any atom is 0.258 e. The number of nitrogens with one attached hydrogen (secondary N) is 1. The number of hydrogen-bond donors (Lipinski definition) is 1. The molecule has 0 aliphatic heterocycles. The van der Waals surface area contributed by atoms with Crippen molar-refractivity contribution in [3.05, 3.63) is 46.3 Å². The fraction of sp³-hybridized carbons (Fsp3) is 0.444. The van der Waals surface area contributed by atoms with Crippen LogP contribution in [0.1, 0.15) is 62.5 Å². The number of aromatic nitrogens is 5. The third-order valence-corrected chi connectivity index (χ3v) is 5.48. The summed E-state index contributed by atoms with van der Waals surface area (Å²) >= 11 is 1.60. The van der Waals surface area contributed by atoms with Crippen LogP contribution >= 0.6 is 11.8 Å². The highest BCUT2D eigenvalue weighted by atomic mass is 32.2. The standard InChI is InChI=1S/C18H21N5OS/c1-10(2)16-21-22-18(23(16)12-8-9-12)25-11(3)15-19-14-7-5-4-6-13(14)17(24)20-15/h4-7,10-12H,8-9H2,1-3H3,(H,19,20,24)/t11-/m0/s1. The molecular weight excluding hydrogens is 334 g/mol. The minimum absolute atomic E-state index is 0.0148. The van der Waals surface area contributed by atoms with E-state index in [2.05, 4.69) is 38.6 Å². The van der Waals surface area contributed by atoms with Crippen LogP contribution in [0.5, 0.6) is 0 Å². The first-order valence-corrected chi connectivity index (χ1v) is 9.53. The Morgan fingerprint density at radius 1 is 1.20 bits per heavy atom. The second-order valence-electron chi connectivity index (χ2n) is 6.83. The summed E-state index contributed by atoms with van der Waals surface area (Å²) in [6.07, 6.45) is 2.37. The van der Waals surface area contributed by atoms with Crippen molar-refractivity contribution < 1.29 is 0 Å². The van der Waals surface area contributed by atoms with Gasteiger partial charge in [0.15, 0.2) is 5.16 Å². The largest absolute Gasteiger partial charge is 0.309 e. The molecule has 4 rings (SSSR count). The van der Waals surface area contributed by atoms with Gasteiger partial charge in [0.1, 0.15) is 11.6 Å². The molecule has 1 fully saturated rings. The van der Waals surface area contributed by atoms with Gasteiger partial charge in [-0.2, -0.15) is 0 Å². The van der Waals surface area contributed by atoms with E-state index in [-0.39, 0.29) is 10.8 Å². The zero-order valence-electron chi connectivity index (χ0n) is 14.6. The van der Waals surface area contributed by atoms with Crippen LogP contribution in [0.3, 0.4) is 0 Å². The second-order valence-corrected chi connectivity index (χ2v) is 8.13. The molecule has 1 aromatic carbocycles. The molecule has 130 valence electrons. The highest BCUT2D eigenvalue weighted by Gasteiger charge is 2.31. The van der Waals surface area contributed by atoms with Gasteiger partial charge in [-0.05, 0) is 31.9 Å². The zero-order chi connectivity index (χ0) is 17.6. The van der Waals surface area contributed by atoms with Crippen molar-refractivity contribution in [1.82, 2.24) is 24.7 Å². The molecule has 1 aliphatic rings. The van der Waals surface area contributed by atoms with Gasteiger partial charge in [0.05, 0.1) is 16.2 Å². The van der Waals surface area contributed by atoms with Gasteiger partial charge in [-0.25, -0.2) is 4.98 Å². The van der Waals surface area contributed by atoms with E-state index in [1.165, 1.54) is 12.8 Å². The number of aromatic amines is 1. The van der Waals surface area contributed by atoms with E-state index < -0.39 is 0 Å². The van der Waals surface area contributed by atoms with Crippen molar-refractivity contribution in [3.63, 3.8) is 0 Å². The van der Waals surface area contributed by atoms with E-state index in [4.69, 9.17) is 0 Å². The second kappa shape index (κ2) is 6.29. The molecule has 1 N–H and O–H groups in total. The molecule has 0 amide bonds. The van der Waals surface area contributed by atoms with Gasteiger partial charge in [0.25, 0.3) is 5.56 Å². The summed E-state index contributed by atoms with van der Waals surface area (Å²) in [5, 5.41) is 10.3. The molecule has 1 atom stereocenters. The normalized spacial score (nSPS) is 15.8. The number of benzene rings is 1. The molecule has 0 spiro atoms. The Morgan fingerprint density at radius 3 is 2.68 bits per heavy atom. The van der Waals surface area contributed by atoms with Crippen LogP contribution in [0.25, 0.3) is 10.9 Å². The Hall–Kier alpha value is -2.15. The number of thioether (sulfide) groups is 1. The van der Waals surface area contributed by atoms with Crippen molar-refractivity contribution >= 4 is 22.7 Å². The molecule has 1 aliphatic carbocycles. The fourth-order valence-corrected chi connectivity index (χ4v) is 3.93. The summed E-state index contributed by atoms with van der Waals surface area (Å²) in [5.74, 6) is 2.05. The lowest BCUT2D eigenvalue weighted by atomic mass is 10.2. The Labute approximate surface area is 150 Å². The molecule has 0 saturated heterocycles. The van der Waals surface area contributed by atoms with Gasteiger partial charge in [-0.1, -0.05) is 37.7 Å². The molecule has 6 nitrogen and oxygen atoms in total. The Morgan fingerprint density at radius 2 is 1.96 bits per heavy atom. The van der Waals surface area contributed by atoms with E-state index in [0.717, 1.165) is 16.5 Å². The Bertz CT molecular complexity index is 973. The molecule has 3 aromatic rings. The number of para-hydroxylation sites is 1. The first-order chi connectivity index (χ1) is 12.0. The summed E-state index contributed by atoms with van der Waals surface area (Å²) < 4.78 is 2.27. The van der Waals surface area contributed by atoms with Gasteiger partial charge in [-0.3, -0.25) is 4.79 Å². The van der Waals surface area contributed by atoms with Gasteiger partial charge >= 0.3 is 0 Å². The van der Waals surface area contributed by atoms with Crippen LogP contribution in [0.4, 0.5) is 0 Å². The molecule has 25 heavy (non-hydrogen) atoms. The lowest BCUT2D eigenvalue weighted by molar-refractivity contribution is 0.598. The summed E-state index contributed by atoms with van der Waals surface area (Å²) in [5.41, 5.74) is 0.625. The number of rotatable bonds is 5. The number of nitrogens with zero attached hydrogens (tertiary/aromatic N) is 4. The smallest absolute Gasteiger partial charge is 0.258 e. The molecule has 7 heteroatoms. The summed E-state index contributed by atoms with van der Waals surface area (Å²) in [6, 6.07) is 7.93. The van der Waals surface area contributed by atoms with Gasteiger partial charge in [-0.15, -0.1) is 10.2 Å². The van der Waals surface area contributed by atoms with Crippen LogP contribution in [0.2, 0.25) is 0 Å². The molecular formula is C18H21N5OS. The maximum atomic E-state index is 12.3. The first kappa shape index (κ1) is 16.3. The minimum atomic E-state index is -0.0976. The van der Waals surface area contributed by atoms with Crippen LogP contribution < -0.4 is 5.56 Å². The number of H-pyrrole nitrogens is 1. The zero-order valence-corrected chi connectivity index (χ0v) is 15.4. The topological polar surface area (TPSA) is 76.5 Å². The molecule has 1 saturated carbocycles. The van der Waals surface area contributed by atoms with Crippen molar-refractivity contribution in [3.8, 4) is 0 Å². The quantitative estimate of drug-likeness (QED) is 0.704. The van der Waals surface area contributed by atoms with Crippen molar-refractivity contribution in [2.45, 2.75) is 56.0 Å². The summed E-state index contributed by atoms with van der Waals surface area (Å²) in [6.45, 7) is 6.32. The molecule has 0 unspecified atom stereocenters. The lowest BCUT2D eigenvalue weighted by Crippen LogP contribution is -2.13. The van der Waals surface area contributed by atoms with Crippen molar-refractivity contribution in [1.29, 1.82) is 0 Å². The van der Waals surface area contributed by atoms with Gasteiger partial charge in [0, 0.05) is 12.0 Å². The maximum absolute atomic E-state index is 12.3. The predicted octanol–water partition coefficient (Wildman–Crippen LogP) is 3.83. The predicted molar refractivity (Wildman–Crippen MR) is 99.0 cm³/mol. The highest BCUT2D eigenvalue weighted by molar-refractivity contribution is 7.99. The first-order valence-electron chi connectivity index (χ1n) is 8.65. The number of hydrogen-bond acceptors (Lipinski definition) is 5. The van der Waals surface area contributed by atoms with Crippen LogP contribution in [-0.2, 0) is 0 Å². The minimum Gasteiger partial charge on any atom is -0.309 e.